The van der Waals surface area contributed by atoms with Gasteiger partial charge in [0.2, 0.25) is 0 Å². The fourth-order valence-electron chi connectivity index (χ4n) is 3.97. The van der Waals surface area contributed by atoms with Gasteiger partial charge in [-0.05, 0) is 61.0 Å². The number of anilines is 1. The van der Waals surface area contributed by atoms with Gasteiger partial charge in [-0.1, -0.05) is 56.0 Å². The smallest absolute Gasteiger partial charge is 0.344 e. The third-order valence-electron chi connectivity index (χ3n) is 5.73. The van der Waals surface area contributed by atoms with Crippen LogP contribution in [0.3, 0.4) is 0 Å². The summed E-state index contributed by atoms with van der Waals surface area (Å²) < 4.78 is 5.71. The SMILES string of the molecule is C=C(Sc1ccccc1CCCC)c1cc2ccc(N3CCCNCC3)cc2c(=O)o1. The number of aryl methyl sites for hydroxylation is 1. The number of nitrogens with zero attached hydrogens (tertiary/aromatic N) is 1. The van der Waals surface area contributed by atoms with E-state index in [-0.39, 0.29) is 5.63 Å². The normalized spacial score (nSPS) is 14.5. The van der Waals surface area contributed by atoms with Gasteiger partial charge in [0.25, 0.3) is 0 Å². The molecule has 2 aromatic carbocycles. The van der Waals surface area contributed by atoms with Crippen LogP contribution in [0.2, 0.25) is 0 Å². The van der Waals surface area contributed by atoms with Gasteiger partial charge < -0.3 is 14.6 Å². The summed E-state index contributed by atoms with van der Waals surface area (Å²) in [6, 6.07) is 16.4. The standard InChI is InChI=1S/C26H30N2O2S/c1-3-4-8-20-9-5-6-10-25(20)31-19(2)24-17-21-11-12-22(18-23(21)26(29)30-24)28-15-7-13-27-14-16-28/h5-6,9-12,17-18,27H,2-4,7-8,13-16H2,1H3. The van der Waals surface area contributed by atoms with Gasteiger partial charge in [-0.25, -0.2) is 4.79 Å². The molecule has 0 atom stereocenters. The van der Waals surface area contributed by atoms with Crippen molar-refractivity contribution in [3.05, 3.63) is 76.9 Å². The third kappa shape index (κ3) is 5.23. The van der Waals surface area contributed by atoms with E-state index < -0.39 is 0 Å². The van der Waals surface area contributed by atoms with Gasteiger partial charge in [0, 0.05) is 35.1 Å². The van der Waals surface area contributed by atoms with Crippen LogP contribution >= 0.6 is 11.8 Å². The average Bonchev–Trinajstić information content (AvgIpc) is 3.08. The maximum absolute atomic E-state index is 12.8. The Balaban J connectivity index is 1.58. The number of hydrogen-bond donors (Lipinski definition) is 1. The zero-order valence-corrected chi connectivity index (χ0v) is 19.0. The maximum Gasteiger partial charge on any atom is 0.344 e. The van der Waals surface area contributed by atoms with Crippen molar-refractivity contribution in [2.45, 2.75) is 37.5 Å². The number of rotatable bonds is 7. The predicted molar refractivity (Wildman–Crippen MR) is 132 cm³/mol. The van der Waals surface area contributed by atoms with Gasteiger partial charge in [0.15, 0.2) is 0 Å². The van der Waals surface area contributed by atoms with Crippen LogP contribution in [0.15, 0.2) is 69.2 Å². The summed E-state index contributed by atoms with van der Waals surface area (Å²) >= 11 is 1.58. The molecule has 1 N–H and O–H groups in total. The molecule has 2 heterocycles. The van der Waals surface area contributed by atoms with Crippen molar-refractivity contribution in [1.29, 1.82) is 0 Å². The molecular weight excluding hydrogens is 404 g/mol. The molecule has 162 valence electrons. The average molecular weight is 435 g/mol. The molecule has 4 rings (SSSR count). The van der Waals surface area contributed by atoms with Gasteiger partial charge in [-0.2, -0.15) is 0 Å². The Bertz CT molecular complexity index is 1110. The second-order valence-electron chi connectivity index (χ2n) is 8.00. The van der Waals surface area contributed by atoms with Crippen LogP contribution < -0.4 is 15.8 Å². The largest absolute Gasteiger partial charge is 0.422 e. The van der Waals surface area contributed by atoms with E-state index >= 15 is 0 Å². The van der Waals surface area contributed by atoms with Crippen LogP contribution in [-0.4, -0.2) is 26.2 Å². The van der Waals surface area contributed by atoms with Crippen LogP contribution in [0.1, 0.15) is 37.5 Å². The highest BCUT2D eigenvalue weighted by molar-refractivity contribution is 8.08. The number of thioether (sulfide) groups is 1. The number of fused-ring (bicyclic) bond motifs is 1. The summed E-state index contributed by atoms with van der Waals surface area (Å²) in [5.41, 5.74) is 2.09. The van der Waals surface area contributed by atoms with Gasteiger partial charge in [-0.3, -0.25) is 0 Å². The second-order valence-corrected chi connectivity index (χ2v) is 9.13. The Morgan fingerprint density at radius 3 is 2.90 bits per heavy atom. The minimum atomic E-state index is -0.302. The van der Waals surface area contributed by atoms with E-state index in [1.165, 1.54) is 10.5 Å². The number of benzene rings is 2. The molecule has 3 aromatic rings. The minimum Gasteiger partial charge on any atom is -0.422 e. The fraction of sp³-hybridized carbons (Fsp3) is 0.346. The maximum atomic E-state index is 12.8. The molecule has 0 radical (unpaired) electrons. The molecule has 1 saturated heterocycles. The molecule has 4 nitrogen and oxygen atoms in total. The van der Waals surface area contributed by atoms with Gasteiger partial charge in [0.1, 0.15) is 5.76 Å². The van der Waals surface area contributed by atoms with Crippen molar-refractivity contribution in [3.63, 3.8) is 0 Å². The Morgan fingerprint density at radius 2 is 2.03 bits per heavy atom. The lowest BCUT2D eigenvalue weighted by atomic mass is 10.1. The zero-order valence-electron chi connectivity index (χ0n) is 18.2. The fourth-order valence-corrected chi connectivity index (χ4v) is 4.89. The van der Waals surface area contributed by atoms with E-state index in [4.69, 9.17) is 4.42 Å². The van der Waals surface area contributed by atoms with Gasteiger partial charge in [0.05, 0.1) is 5.39 Å². The first-order valence-corrected chi connectivity index (χ1v) is 12.0. The molecule has 0 spiro atoms. The lowest BCUT2D eigenvalue weighted by molar-refractivity contribution is 0.509. The second kappa shape index (κ2) is 10.2. The molecular formula is C26H30N2O2S. The van der Waals surface area contributed by atoms with Crippen LogP contribution in [0, 0.1) is 0 Å². The zero-order chi connectivity index (χ0) is 21.6. The van der Waals surface area contributed by atoms with Crippen molar-refractivity contribution < 1.29 is 4.42 Å². The summed E-state index contributed by atoms with van der Waals surface area (Å²) in [7, 11) is 0. The Hall–Kier alpha value is -2.50. The first kappa shape index (κ1) is 21.7. The molecule has 0 bridgehead atoms. The molecule has 0 unspecified atom stereocenters. The lowest BCUT2D eigenvalue weighted by Crippen LogP contribution is -2.27. The van der Waals surface area contributed by atoms with Crippen molar-refractivity contribution >= 4 is 33.1 Å². The molecule has 1 aromatic heterocycles. The third-order valence-corrected chi connectivity index (χ3v) is 6.80. The van der Waals surface area contributed by atoms with E-state index in [9.17, 15) is 4.79 Å². The lowest BCUT2D eigenvalue weighted by Gasteiger charge is -2.22. The van der Waals surface area contributed by atoms with E-state index in [2.05, 4.69) is 48.0 Å². The molecule has 5 heteroatoms. The number of nitrogens with one attached hydrogen (secondary N) is 1. The highest BCUT2D eigenvalue weighted by Crippen LogP contribution is 2.36. The van der Waals surface area contributed by atoms with Crippen molar-refractivity contribution in [3.8, 4) is 0 Å². The first-order chi connectivity index (χ1) is 15.2. The monoisotopic (exact) mass is 434 g/mol. The summed E-state index contributed by atoms with van der Waals surface area (Å²) in [6.45, 7) is 10.3. The Kier molecular flexibility index (Phi) is 7.15. The van der Waals surface area contributed by atoms with E-state index in [1.54, 1.807) is 11.8 Å². The first-order valence-electron chi connectivity index (χ1n) is 11.1. The number of unbranched alkanes of at least 4 members (excludes halogenated alkanes) is 1. The van der Waals surface area contributed by atoms with Gasteiger partial charge >= 0.3 is 5.63 Å². The Morgan fingerprint density at radius 1 is 1.16 bits per heavy atom. The van der Waals surface area contributed by atoms with Crippen LogP contribution in [0.5, 0.6) is 0 Å². The van der Waals surface area contributed by atoms with E-state index in [0.29, 0.717) is 11.1 Å². The molecule has 1 aliphatic heterocycles. The van der Waals surface area contributed by atoms with Crippen LogP contribution in [0.25, 0.3) is 15.7 Å². The van der Waals surface area contributed by atoms with Crippen molar-refractivity contribution in [1.82, 2.24) is 5.32 Å². The summed E-state index contributed by atoms with van der Waals surface area (Å²) in [5, 5.41) is 4.93. The van der Waals surface area contributed by atoms with Gasteiger partial charge in [-0.15, -0.1) is 0 Å². The van der Waals surface area contributed by atoms with E-state index in [1.807, 2.05) is 24.3 Å². The van der Waals surface area contributed by atoms with Crippen LogP contribution in [-0.2, 0) is 6.42 Å². The van der Waals surface area contributed by atoms with E-state index in [0.717, 1.165) is 67.8 Å². The Labute approximate surface area is 188 Å². The molecule has 1 aliphatic rings. The molecule has 0 saturated carbocycles. The molecule has 31 heavy (non-hydrogen) atoms. The van der Waals surface area contributed by atoms with Crippen molar-refractivity contribution in [2.24, 2.45) is 0 Å². The van der Waals surface area contributed by atoms with Crippen LogP contribution in [0.4, 0.5) is 5.69 Å². The quantitative estimate of drug-likeness (QED) is 0.484. The molecule has 0 amide bonds. The highest BCUT2D eigenvalue weighted by atomic mass is 32.2. The highest BCUT2D eigenvalue weighted by Gasteiger charge is 2.14. The molecule has 1 fully saturated rings. The topological polar surface area (TPSA) is 45.5 Å². The minimum absolute atomic E-state index is 0.302. The summed E-state index contributed by atoms with van der Waals surface area (Å²) in [5.74, 6) is 0.541. The summed E-state index contributed by atoms with van der Waals surface area (Å²) in [6.07, 6.45) is 4.46. The predicted octanol–water partition coefficient (Wildman–Crippen LogP) is 5.70. The molecule has 0 aliphatic carbocycles. The number of hydrogen-bond acceptors (Lipinski definition) is 5. The summed E-state index contributed by atoms with van der Waals surface area (Å²) in [4.78, 5) is 17.1. The van der Waals surface area contributed by atoms with Crippen molar-refractivity contribution in [2.75, 3.05) is 31.1 Å².